The molecule has 0 bridgehead atoms. The normalized spacial score (nSPS) is 12.2. The van der Waals surface area contributed by atoms with Gasteiger partial charge in [-0.25, -0.2) is 0 Å². The van der Waals surface area contributed by atoms with Crippen molar-refractivity contribution in [3.8, 4) is 0 Å². The average Bonchev–Trinajstić information content (AvgIpc) is 3.26. The van der Waals surface area contributed by atoms with Crippen LogP contribution in [0.5, 0.6) is 0 Å². The van der Waals surface area contributed by atoms with Gasteiger partial charge in [0.1, 0.15) is 0 Å². The predicted molar refractivity (Wildman–Crippen MR) is 262 cm³/mol. The van der Waals surface area contributed by atoms with Crippen molar-refractivity contribution in [2.75, 3.05) is 21.3 Å². The number of anilines is 4. The molecule has 14 nitrogen and oxygen atoms in total. The maximum absolute atomic E-state index is 13.6. The van der Waals surface area contributed by atoms with Gasteiger partial charge in [-0.05, 0) is 111 Å². The molecule has 0 aromatic heterocycles. The molecule has 0 aliphatic rings. The van der Waals surface area contributed by atoms with E-state index in [1.54, 1.807) is 0 Å². The smallest absolute Gasteiger partial charge is 0.258 e. The summed E-state index contributed by atoms with van der Waals surface area (Å²) in [7, 11) is 0. The summed E-state index contributed by atoms with van der Waals surface area (Å²) in [6, 6.07) is 13.8. The molecule has 5 aromatic rings. The highest BCUT2D eigenvalue weighted by molar-refractivity contribution is 6.50. The molecule has 66 heavy (non-hydrogen) atoms. The molecule has 2 atom stereocenters. The lowest BCUT2D eigenvalue weighted by atomic mass is 9.98. The second-order valence-electron chi connectivity index (χ2n) is 14.0. The van der Waals surface area contributed by atoms with E-state index in [0.717, 1.165) is 0 Å². The fourth-order valence-corrected chi connectivity index (χ4v) is 7.81. The largest absolute Gasteiger partial charge is 0.323 e. The number of carbonyl (C=O) groups excluding carboxylic acids is 6. The zero-order valence-electron chi connectivity index (χ0n) is 34.8. The molecule has 0 aliphatic heterocycles. The summed E-state index contributed by atoms with van der Waals surface area (Å²) in [4.78, 5) is 78.9. The maximum atomic E-state index is 13.6. The number of azo groups is 2. The van der Waals surface area contributed by atoms with Gasteiger partial charge in [0.2, 0.25) is 12.1 Å². The fraction of sp³-hybridized carbons (Fsp3) is 0.182. The van der Waals surface area contributed by atoms with Crippen LogP contribution in [-0.2, 0) is 32.0 Å². The van der Waals surface area contributed by atoms with Crippen LogP contribution in [-0.4, -0.2) is 47.3 Å². The van der Waals surface area contributed by atoms with Crippen molar-refractivity contribution < 1.29 is 28.8 Å². The maximum Gasteiger partial charge on any atom is 0.258 e. The molecule has 0 spiro atoms. The summed E-state index contributed by atoms with van der Waals surface area (Å²) in [6.07, 6.45) is 0.737. The van der Waals surface area contributed by atoms with Gasteiger partial charge in [0.15, 0.2) is 11.6 Å². The third-order valence-electron chi connectivity index (χ3n) is 9.35. The summed E-state index contributed by atoms with van der Waals surface area (Å²) >= 11 is 49.2. The first-order chi connectivity index (χ1) is 31.2. The van der Waals surface area contributed by atoms with Crippen molar-refractivity contribution in [3.63, 3.8) is 0 Å². The van der Waals surface area contributed by atoms with E-state index in [4.69, 9.17) is 92.8 Å². The van der Waals surface area contributed by atoms with Gasteiger partial charge in [0, 0.05) is 32.5 Å². The van der Waals surface area contributed by atoms with Gasteiger partial charge in [-0.1, -0.05) is 107 Å². The number of carbonyl (C=O) groups is 6. The third kappa shape index (κ3) is 12.8. The highest BCUT2D eigenvalue weighted by atomic mass is 35.5. The van der Waals surface area contributed by atoms with E-state index in [2.05, 4.69) is 41.7 Å². The molecule has 342 valence electrons. The lowest BCUT2D eigenvalue weighted by molar-refractivity contribution is -0.127. The number of rotatable bonds is 16. The Morgan fingerprint density at radius 3 is 1.15 bits per heavy atom. The van der Waals surface area contributed by atoms with E-state index in [9.17, 15) is 28.8 Å². The number of hydrogen-bond acceptors (Lipinski definition) is 10. The first kappa shape index (κ1) is 51.8. The van der Waals surface area contributed by atoms with Crippen LogP contribution in [0, 0.1) is 0 Å². The van der Waals surface area contributed by atoms with Gasteiger partial charge in [0.25, 0.3) is 23.6 Å². The van der Waals surface area contributed by atoms with Gasteiger partial charge in [-0.3, -0.25) is 28.8 Å². The number of nitrogens with zero attached hydrogens (tertiary/aromatic N) is 4. The van der Waals surface area contributed by atoms with Crippen molar-refractivity contribution in [1.82, 2.24) is 0 Å². The molecule has 5 aromatic carbocycles. The monoisotopic (exact) mass is 1050 g/mol. The zero-order chi connectivity index (χ0) is 48.6. The zero-order valence-corrected chi connectivity index (χ0v) is 40.8. The molecule has 0 saturated carbocycles. The molecule has 0 aliphatic carbocycles. The van der Waals surface area contributed by atoms with Crippen LogP contribution in [0.25, 0.3) is 0 Å². The van der Waals surface area contributed by atoms with Gasteiger partial charge in [0.05, 0.1) is 52.9 Å². The molecule has 0 radical (unpaired) electrons. The highest BCUT2D eigenvalue weighted by Crippen LogP contribution is 2.38. The van der Waals surface area contributed by atoms with E-state index in [-0.39, 0.29) is 74.1 Å². The minimum absolute atomic E-state index is 0.0253. The standard InChI is InChI=1S/C44H34Cl8N8O6/c1-5-27-28(6-2)32(54-44(66)40(20(4)62)60-58-26-16-22(14-24(46)18-26)42(64)56-34-10-8-30(48)36(50)38(34)52)12-11-31(27)53-43(65)39(19(3)61)59-57-25-15-21(13-23(45)17-25)41(63)55-33-9-7-29(47)35(49)37(33)51/h7-18,39-40H,5-6H2,1-4H3,(H,53,65)(H,54,66)(H,55,63)(H,56,64). The van der Waals surface area contributed by atoms with E-state index in [1.807, 2.05) is 13.8 Å². The topological polar surface area (TPSA) is 200 Å². The van der Waals surface area contributed by atoms with Crippen molar-refractivity contribution in [3.05, 3.63) is 135 Å². The Kier molecular flexibility index (Phi) is 18.1. The lowest BCUT2D eigenvalue weighted by Crippen LogP contribution is -2.33. The van der Waals surface area contributed by atoms with Crippen LogP contribution < -0.4 is 21.3 Å². The molecular formula is C44H34Cl8N8O6. The third-order valence-corrected chi connectivity index (χ3v) is 12.4. The molecule has 0 saturated heterocycles. The molecule has 4 amide bonds. The van der Waals surface area contributed by atoms with Crippen molar-refractivity contribution in [2.24, 2.45) is 20.5 Å². The van der Waals surface area contributed by atoms with Crippen LogP contribution in [0.3, 0.4) is 0 Å². The number of benzene rings is 5. The van der Waals surface area contributed by atoms with Gasteiger partial charge >= 0.3 is 0 Å². The van der Waals surface area contributed by atoms with E-state index in [1.165, 1.54) is 86.6 Å². The van der Waals surface area contributed by atoms with Crippen molar-refractivity contribution >= 4 is 162 Å². The Balaban J connectivity index is 1.31. The SMILES string of the molecule is CCc1c(NC(=O)C(N=Nc2cc(Cl)cc(C(=O)Nc3ccc(Cl)c(Cl)c3Cl)c2)C(C)=O)ccc(NC(=O)C(N=Nc2cc(Cl)cc(C(=O)Nc3ccc(Cl)c(Cl)c3Cl)c2)C(C)=O)c1CC. The van der Waals surface area contributed by atoms with Gasteiger partial charge in [-0.2, -0.15) is 20.5 Å². The van der Waals surface area contributed by atoms with E-state index >= 15 is 0 Å². The van der Waals surface area contributed by atoms with E-state index in [0.29, 0.717) is 35.3 Å². The van der Waals surface area contributed by atoms with Crippen molar-refractivity contribution in [1.29, 1.82) is 0 Å². The molecule has 4 N–H and O–H groups in total. The number of nitrogens with one attached hydrogen (secondary N) is 4. The van der Waals surface area contributed by atoms with Crippen LogP contribution in [0.4, 0.5) is 34.1 Å². The summed E-state index contributed by atoms with van der Waals surface area (Å²) in [5, 5.41) is 27.6. The van der Waals surface area contributed by atoms with E-state index < -0.39 is 47.3 Å². The summed E-state index contributed by atoms with van der Waals surface area (Å²) in [5.74, 6) is -4.16. The summed E-state index contributed by atoms with van der Waals surface area (Å²) in [5.41, 5.74) is 2.48. The van der Waals surface area contributed by atoms with Crippen LogP contribution >= 0.6 is 92.8 Å². The van der Waals surface area contributed by atoms with Gasteiger partial charge in [-0.15, -0.1) is 0 Å². The Bertz CT molecular complexity index is 2670. The first-order valence-corrected chi connectivity index (χ1v) is 22.3. The Morgan fingerprint density at radius 2 is 0.818 bits per heavy atom. The van der Waals surface area contributed by atoms with Crippen LogP contribution in [0.1, 0.15) is 59.5 Å². The summed E-state index contributed by atoms with van der Waals surface area (Å²) in [6.45, 7) is 5.98. The minimum Gasteiger partial charge on any atom is -0.323 e. The molecule has 5 rings (SSSR count). The number of hydrogen-bond donors (Lipinski definition) is 4. The molecule has 22 heteroatoms. The van der Waals surface area contributed by atoms with Gasteiger partial charge < -0.3 is 21.3 Å². The Morgan fingerprint density at radius 1 is 0.470 bits per heavy atom. The first-order valence-electron chi connectivity index (χ1n) is 19.3. The minimum atomic E-state index is -1.61. The Labute approximate surface area is 417 Å². The molecule has 2 unspecified atom stereocenters. The highest BCUT2D eigenvalue weighted by Gasteiger charge is 2.27. The number of amides is 4. The van der Waals surface area contributed by atoms with Crippen molar-refractivity contribution in [2.45, 2.75) is 52.6 Å². The second kappa shape index (κ2) is 23.0. The number of ketones is 2. The fourth-order valence-electron chi connectivity index (χ4n) is 6.18. The molecule has 0 fully saturated rings. The lowest BCUT2D eigenvalue weighted by Gasteiger charge is -2.20. The quantitative estimate of drug-likeness (QED) is 0.0430. The number of halogens is 8. The number of Topliss-reactive ketones (excluding diaryl/α,β-unsaturated/α-hetero) is 2. The predicted octanol–water partition coefficient (Wildman–Crippen LogP) is 13.9. The average molecular weight is 1050 g/mol. The molecule has 0 heterocycles. The molecular weight excluding hydrogens is 1020 g/mol. The van der Waals surface area contributed by atoms with Crippen LogP contribution in [0.15, 0.2) is 93.3 Å². The Hall–Kier alpha value is -5.16. The summed E-state index contributed by atoms with van der Waals surface area (Å²) < 4.78 is 0. The second-order valence-corrected chi connectivity index (χ2v) is 17.2. The van der Waals surface area contributed by atoms with Crippen LogP contribution in [0.2, 0.25) is 40.2 Å².